The van der Waals surface area contributed by atoms with E-state index in [-0.39, 0.29) is 12.7 Å². The number of aromatic nitrogens is 1. The maximum atomic E-state index is 12.3. The van der Waals surface area contributed by atoms with Crippen LogP contribution in [0.2, 0.25) is 0 Å². The molecule has 4 rings (SSSR count). The van der Waals surface area contributed by atoms with Crippen LogP contribution in [0.5, 0.6) is 17.2 Å². The van der Waals surface area contributed by atoms with Crippen molar-refractivity contribution >= 4 is 22.9 Å². The number of ether oxygens (including phenoxy) is 5. The zero-order valence-corrected chi connectivity index (χ0v) is 25.6. The molecular formula is C34H45N3O6. The Morgan fingerprint density at radius 3 is 2.53 bits per heavy atom. The number of aromatic amines is 1. The van der Waals surface area contributed by atoms with Crippen LogP contribution in [0, 0.1) is 0 Å². The molecule has 0 atom stereocenters. The van der Waals surface area contributed by atoms with Gasteiger partial charge >= 0.3 is 0 Å². The topological polar surface area (TPSA) is 94.3 Å². The predicted octanol–water partition coefficient (Wildman–Crippen LogP) is 5.53. The Morgan fingerprint density at radius 1 is 1.02 bits per heavy atom. The smallest absolute Gasteiger partial charge is 0.243 e. The summed E-state index contributed by atoms with van der Waals surface area (Å²) in [6, 6.07) is 12.2. The minimum atomic E-state index is -0.100. The second-order valence-corrected chi connectivity index (χ2v) is 10.5. The molecule has 0 aliphatic carbocycles. The summed E-state index contributed by atoms with van der Waals surface area (Å²) in [7, 11) is 4.75. The summed E-state index contributed by atoms with van der Waals surface area (Å²) in [4.78, 5) is 18.2. The summed E-state index contributed by atoms with van der Waals surface area (Å²) >= 11 is 0. The summed E-state index contributed by atoms with van der Waals surface area (Å²) in [5.41, 5.74) is 3.53. The van der Waals surface area contributed by atoms with Gasteiger partial charge in [0.1, 0.15) is 0 Å². The van der Waals surface area contributed by atoms with E-state index in [0.29, 0.717) is 42.9 Å². The van der Waals surface area contributed by atoms with E-state index in [2.05, 4.69) is 45.7 Å². The molecule has 3 aromatic rings. The third kappa shape index (κ3) is 9.61. The molecule has 1 amide bonds. The first-order chi connectivity index (χ1) is 21.1. The standard InChI is InChI=1S/C34H45N3O6/c1-39-20-21-42-25-43-34-31(40-2)22-26(23-32(34)41-3)10-4-7-13-33(38)35-16-8-9-17-37-18-14-27(15-19-37)29-24-36-30-12-6-5-11-28(29)30/h4-7,10-13,22-24,27,36H,8-9,14-21,25H2,1-3H3,(H,35,38). The molecule has 9 nitrogen and oxygen atoms in total. The first kappa shape index (κ1) is 32.1. The van der Waals surface area contributed by atoms with Crippen LogP contribution in [0.15, 0.2) is 60.8 Å². The van der Waals surface area contributed by atoms with Gasteiger partial charge in [-0.1, -0.05) is 36.4 Å². The number of amides is 1. The van der Waals surface area contributed by atoms with Crippen molar-refractivity contribution in [2.45, 2.75) is 31.6 Å². The van der Waals surface area contributed by atoms with Crippen molar-refractivity contribution in [1.82, 2.24) is 15.2 Å². The number of nitrogens with zero attached hydrogens (tertiary/aromatic N) is 1. The van der Waals surface area contributed by atoms with E-state index in [1.54, 1.807) is 27.4 Å². The fourth-order valence-corrected chi connectivity index (χ4v) is 5.38. The average molecular weight is 592 g/mol. The van der Waals surface area contributed by atoms with Crippen molar-refractivity contribution in [2.24, 2.45) is 0 Å². The van der Waals surface area contributed by atoms with Crippen LogP contribution in [0.25, 0.3) is 17.0 Å². The third-order valence-electron chi connectivity index (χ3n) is 7.70. The number of hydrogen-bond acceptors (Lipinski definition) is 7. The van der Waals surface area contributed by atoms with E-state index in [1.165, 1.54) is 35.4 Å². The molecule has 0 radical (unpaired) electrons. The summed E-state index contributed by atoms with van der Waals surface area (Å²) < 4.78 is 27.0. The first-order valence-corrected chi connectivity index (χ1v) is 15.0. The third-order valence-corrected chi connectivity index (χ3v) is 7.70. The number of allylic oxidation sites excluding steroid dienone is 2. The van der Waals surface area contributed by atoms with Crippen molar-refractivity contribution in [2.75, 3.05) is 67.5 Å². The van der Waals surface area contributed by atoms with E-state index in [9.17, 15) is 4.79 Å². The minimum absolute atomic E-state index is 0.0499. The predicted molar refractivity (Wildman–Crippen MR) is 170 cm³/mol. The Bertz CT molecular complexity index is 1320. The van der Waals surface area contributed by atoms with E-state index in [1.807, 2.05) is 24.3 Å². The van der Waals surface area contributed by atoms with E-state index >= 15 is 0 Å². The summed E-state index contributed by atoms with van der Waals surface area (Å²) in [6.07, 6.45) is 13.6. The monoisotopic (exact) mass is 591 g/mol. The first-order valence-electron chi connectivity index (χ1n) is 15.0. The van der Waals surface area contributed by atoms with Gasteiger partial charge in [0.15, 0.2) is 18.3 Å². The van der Waals surface area contributed by atoms with Crippen molar-refractivity contribution in [3.63, 3.8) is 0 Å². The number of fused-ring (bicyclic) bond motifs is 1. The van der Waals surface area contributed by atoms with Crippen LogP contribution in [0.3, 0.4) is 0 Å². The maximum absolute atomic E-state index is 12.3. The summed E-state index contributed by atoms with van der Waals surface area (Å²) in [5, 5.41) is 4.34. The van der Waals surface area contributed by atoms with Crippen LogP contribution in [0.4, 0.5) is 0 Å². The van der Waals surface area contributed by atoms with Crippen molar-refractivity contribution in [3.05, 3.63) is 72.0 Å². The number of benzene rings is 2. The highest BCUT2D eigenvalue weighted by Gasteiger charge is 2.22. The number of H-pyrrole nitrogens is 1. The summed E-state index contributed by atoms with van der Waals surface area (Å²) in [6.45, 7) is 4.96. The van der Waals surface area contributed by atoms with Crippen LogP contribution >= 0.6 is 0 Å². The zero-order valence-electron chi connectivity index (χ0n) is 25.6. The van der Waals surface area contributed by atoms with Gasteiger partial charge in [-0.15, -0.1) is 0 Å². The molecule has 0 bridgehead atoms. The van der Waals surface area contributed by atoms with Gasteiger partial charge in [0.25, 0.3) is 0 Å². The molecule has 1 aromatic heterocycles. The number of carbonyl (C=O) groups excluding carboxylic acids is 1. The van der Waals surface area contributed by atoms with Gasteiger partial charge in [0, 0.05) is 36.8 Å². The van der Waals surface area contributed by atoms with Crippen LogP contribution in [-0.2, 0) is 14.3 Å². The number of piperidine rings is 1. The van der Waals surface area contributed by atoms with Crippen LogP contribution < -0.4 is 19.5 Å². The number of nitrogens with one attached hydrogen (secondary N) is 2. The highest BCUT2D eigenvalue weighted by Crippen LogP contribution is 2.39. The lowest BCUT2D eigenvalue weighted by Gasteiger charge is -2.32. The molecule has 1 aliphatic heterocycles. The van der Waals surface area contributed by atoms with E-state index in [4.69, 9.17) is 23.7 Å². The zero-order chi connectivity index (χ0) is 30.3. The largest absolute Gasteiger partial charge is 0.493 e. The molecule has 1 saturated heterocycles. The Morgan fingerprint density at radius 2 is 1.79 bits per heavy atom. The van der Waals surface area contributed by atoms with E-state index in [0.717, 1.165) is 38.0 Å². The number of rotatable bonds is 17. The maximum Gasteiger partial charge on any atom is 0.243 e. The fraction of sp³-hybridized carbons (Fsp3) is 0.441. The molecule has 0 spiro atoms. The van der Waals surface area contributed by atoms with Gasteiger partial charge in [-0.2, -0.15) is 0 Å². The molecule has 2 N–H and O–H groups in total. The van der Waals surface area contributed by atoms with Crippen LogP contribution in [0.1, 0.15) is 42.7 Å². The van der Waals surface area contributed by atoms with Gasteiger partial charge in [0.2, 0.25) is 11.7 Å². The Balaban J connectivity index is 1.12. The second-order valence-electron chi connectivity index (χ2n) is 10.5. The average Bonchev–Trinajstić information content (AvgIpc) is 3.47. The molecule has 0 unspecified atom stereocenters. The molecule has 43 heavy (non-hydrogen) atoms. The molecule has 2 aromatic carbocycles. The lowest BCUT2D eigenvalue weighted by Crippen LogP contribution is -2.34. The molecular weight excluding hydrogens is 546 g/mol. The Labute approximate surface area is 254 Å². The van der Waals surface area contributed by atoms with Crippen molar-refractivity contribution in [1.29, 1.82) is 0 Å². The molecule has 1 aliphatic rings. The fourth-order valence-electron chi connectivity index (χ4n) is 5.38. The number of unbranched alkanes of at least 4 members (excludes halogenated alkanes) is 1. The SMILES string of the molecule is COCCOCOc1c(OC)cc(C=CC=CC(=O)NCCCCN2CCC(c3c[nH]c4ccccc34)CC2)cc1OC. The Hall–Kier alpha value is -3.79. The highest BCUT2D eigenvalue weighted by molar-refractivity contribution is 5.87. The molecule has 0 saturated carbocycles. The van der Waals surface area contributed by atoms with Gasteiger partial charge < -0.3 is 38.9 Å². The van der Waals surface area contributed by atoms with Crippen molar-refractivity contribution in [3.8, 4) is 17.2 Å². The van der Waals surface area contributed by atoms with Gasteiger partial charge in [-0.25, -0.2) is 0 Å². The summed E-state index contributed by atoms with van der Waals surface area (Å²) in [5.74, 6) is 2.03. The quantitative estimate of drug-likeness (QED) is 0.0923. The number of hydrogen-bond donors (Lipinski definition) is 2. The number of carbonyl (C=O) groups is 1. The van der Waals surface area contributed by atoms with Gasteiger partial charge in [0.05, 0.1) is 27.4 Å². The lowest BCUT2D eigenvalue weighted by molar-refractivity contribution is -0.116. The number of para-hydroxylation sites is 1. The molecule has 2 heterocycles. The second kappa shape index (κ2) is 17.4. The number of methoxy groups -OCH3 is 3. The molecule has 9 heteroatoms. The van der Waals surface area contributed by atoms with Crippen LogP contribution in [-0.4, -0.2) is 83.3 Å². The van der Waals surface area contributed by atoms with Gasteiger partial charge in [-0.3, -0.25) is 4.79 Å². The van der Waals surface area contributed by atoms with Gasteiger partial charge in [-0.05, 0) is 80.6 Å². The molecule has 1 fully saturated rings. The lowest BCUT2D eigenvalue weighted by atomic mass is 9.89. The normalized spacial score (nSPS) is 14.6. The minimum Gasteiger partial charge on any atom is -0.493 e. The molecule has 232 valence electrons. The highest BCUT2D eigenvalue weighted by atomic mass is 16.7. The Kier molecular flexibility index (Phi) is 13.0. The van der Waals surface area contributed by atoms with Crippen molar-refractivity contribution < 1.29 is 28.5 Å². The number of likely N-dealkylation sites (tertiary alicyclic amines) is 1. The van der Waals surface area contributed by atoms with E-state index < -0.39 is 0 Å².